The molecule has 1 saturated heterocycles. The highest BCUT2D eigenvalue weighted by molar-refractivity contribution is 6.31. The van der Waals surface area contributed by atoms with Gasteiger partial charge in [-0.3, -0.25) is 14.3 Å². The summed E-state index contributed by atoms with van der Waals surface area (Å²) in [5.74, 6) is -0.265. The van der Waals surface area contributed by atoms with Gasteiger partial charge in [-0.15, -0.1) is 12.4 Å². The Hall–Kier alpha value is -2.09. The second-order valence-electron chi connectivity index (χ2n) is 6.70. The molecule has 0 unspecified atom stereocenters. The van der Waals surface area contributed by atoms with Crippen molar-refractivity contribution in [2.24, 2.45) is 0 Å². The van der Waals surface area contributed by atoms with Gasteiger partial charge in [-0.2, -0.15) is 5.10 Å². The van der Waals surface area contributed by atoms with Crippen LogP contribution in [-0.2, 0) is 15.1 Å². The Balaban J connectivity index is 0.00000280. The van der Waals surface area contributed by atoms with Crippen molar-refractivity contribution >= 4 is 41.5 Å². The minimum atomic E-state index is -0.700. The van der Waals surface area contributed by atoms with Crippen molar-refractivity contribution in [2.45, 2.75) is 31.7 Å². The summed E-state index contributed by atoms with van der Waals surface area (Å²) in [5.41, 5.74) is 0.809. The summed E-state index contributed by atoms with van der Waals surface area (Å²) in [5, 5.41) is 13.9. The normalized spacial score (nSPS) is 15.4. The van der Waals surface area contributed by atoms with Crippen molar-refractivity contribution in [1.29, 1.82) is 0 Å². The minimum absolute atomic E-state index is 0. The molecule has 2 aromatic rings. The number of aromatic nitrogens is 2. The van der Waals surface area contributed by atoms with Crippen LogP contribution in [0.3, 0.4) is 0 Å². The SMILES string of the molecule is Cc1c(Cl)cccc1NC(=O)CCNC(=O)C1(n2cccn2)CCNCC1.Cl. The van der Waals surface area contributed by atoms with Crippen molar-refractivity contribution in [3.63, 3.8) is 0 Å². The number of anilines is 1. The third kappa shape index (κ3) is 4.84. The van der Waals surface area contributed by atoms with Crippen LogP contribution in [0.25, 0.3) is 0 Å². The van der Waals surface area contributed by atoms with Gasteiger partial charge in [0.25, 0.3) is 0 Å². The van der Waals surface area contributed by atoms with Crippen molar-refractivity contribution < 1.29 is 9.59 Å². The van der Waals surface area contributed by atoms with E-state index >= 15 is 0 Å². The number of rotatable bonds is 6. The highest BCUT2D eigenvalue weighted by Gasteiger charge is 2.41. The lowest BCUT2D eigenvalue weighted by Gasteiger charge is -2.36. The first-order valence-electron chi connectivity index (χ1n) is 9.07. The number of nitrogens with zero attached hydrogens (tertiary/aromatic N) is 2. The maximum absolute atomic E-state index is 12.9. The van der Waals surface area contributed by atoms with Gasteiger partial charge in [0.05, 0.1) is 0 Å². The van der Waals surface area contributed by atoms with Crippen LogP contribution in [0.2, 0.25) is 5.02 Å². The number of hydrogen-bond donors (Lipinski definition) is 3. The fraction of sp³-hybridized carbons (Fsp3) is 0.421. The zero-order valence-corrected chi connectivity index (χ0v) is 17.3. The van der Waals surface area contributed by atoms with Crippen LogP contribution >= 0.6 is 24.0 Å². The molecule has 1 aromatic carbocycles. The Labute approximate surface area is 175 Å². The zero-order chi connectivity index (χ0) is 19.3. The van der Waals surface area contributed by atoms with Crippen molar-refractivity contribution in [3.8, 4) is 0 Å². The highest BCUT2D eigenvalue weighted by Crippen LogP contribution is 2.27. The van der Waals surface area contributed by atoms with E-state index in [0.717, 1.165) is 18.7 Å². The molecule has 9 heteroatoms. The standard InChI is InChI=1S/C19H24ClN5O2.ClH/c1-14-15(20)4-2-5-16(14)24-17(26)6-10-22-18(27)19(7-11-21-12-8-19)25-13-3-9-23-25;/h2-5,9,13,21H,6-8,10-12H2,1H3,(H,22,27)(H,24,26);1H. The molecule has 0 aliphatic carbocycles. The molecule has 1 aliphatic rings. The predicted molar refractivity (Wildman–Crippen MR) is 112 cm³/mol. The number of nitrogens with one attached hydrogen (secondary N) is 3. The van der Waals surface area contributed by atoms with Crippen LogP contribution in [0.5, 0.6) is 0 Å². The Morgan fingerprint density at radius 2 is 2.04 bits per heavy atom. The number of carbonyl (C=O) groups excluding carboxylic acids is 2. The number of benzene rings is 1. The first-order chi connectivity index (χ1) is 13.0. The van der Waals surface area contributed by atoms with Gasteiger partial charge >= 0.3 is 0 Å². The average Bonchev–Trinajstić information content (AvgIpc) is 3.21. The minimum Gasteiger partial charge on any atom is -0.353 e. The molecule has 2 amide bonds. The molecule has 0 spiro atoms. The molecule has 0 bridgehead atoms. The summed E-state index contributed by atoms with van der Waals surface area (Å²) >= 11 is 6.07. The molecule has 28 heavy (non-hydrogen) atoms. The molecule has 0 radical (unpaired) electrons. The summed E-state index contributed by atoms with van der Waals surface area (Å²) in [6.07, 6.45) is 5.01. The van der Waals surface area contributed by atoms with E-state index in [-0.39, 0.29) is 37.2 Å². The largest absolute Gasteiger partial charge is 0.353 e. The fourth-order valence-corrected chi connectivity index (χ4v) is 3.51. The molecule has 0 atom stereocenters. The Morgan fingerprint density at radius 3 is 2.71 bits per heavy atom. The third-order valence-corrected chi connectivity index (χ3v) is 5.39. The van der Waals surface area contributed by atoms with E-state index < -0.39 is 5.54 Å². The quantitative estimate of drug-likeness (QED) is 0.663. The Morgan fingerprint density at radius 1 is 1.29 bits per heavy atom. The molecule has 152 valence electrons. The zero-order valence-electron chi connectivity index (χ0n) is 15.7. The molecule has 3 N–H and O–H groups in total. The second kappa shape index (κ2) is 9.91. The van der Waals surface area contributed by atoms with Gasteiger partial charge in [-0.25, -0.2) is 0 Å². The molecule has 1 fully saturated rings. The summed E-state index contributed by atoms with van der Waals surface area (Å²) in [4.78, 5) is 25.1. The number of hydrogen-bond acceptors (Lipinski definition) is 4. The van der Waals surface area contributed by atoms with Crippen LogP contribution in [0.1, 0.15) is 24.8 Å². The Bertz CT molecular complexity index is 805. The topological polar surface area (TPSA) is 88.1 Å². The monoisotopic (exact) mass is 425 g/mol. The van der Waals surface area contributed by atoms with E-state index in [1.165, 1.54) is 0 Å². The van der Waals surface area contributed by atoms with Gasteiger partial charge in [0.1, 0.15) is 5.54 Å². The maximum atomic E-state index is 12.9. The maximum Gasteiger partial charge on any atom is 0.248 e. The lowest BCUT2D eigenvalue weighted by Crippen LogP contribution is -2.54. The van der Waals surface area contributed by atoms with Gasteiger partial charge in [-0.1, -0.05) is 17.7 Å². The van der Waals surface area contributed by atoms with Crippen LogP contribution in [-0.4, -0.2) is 41.2 Å². The van der Waals surface area contributed by atoms with Gasteiger partial charge < -0.3 is 16.0 Å². The smallest absolute Gasteiger partial charge is 0.248 e. The lowest BCUT2D eigenvalue weighted by atomic mass is 9.87. The first kappa shape index (κ1) is 22.2. The van der Waals surface area contributed by atoms with E-state index in [0.29, 0.717) is 23.6 Å². The molecule has 7 nitrogen and oxygen atoms in total. The third-order valence-electron chi connectivity index (χ3n) is 4.98. The van der Waals surface area contributed by atoms with E-state index in [4.69, 9.17) is 11.6 Å². The van der Waals surface area contributed by atoms with Crippen molar-refractivity contribution in [1.82, 2.24) is 20.4 Å². The highest BCUT2D eigenvalue weighted by atomic mass is 35.5. The summed E-state index contributed by atoms with van der Waals surface area (Å²) in [7, 11) is 0. The molecule has 1 aromatic heterocycles. The number of amides is 2. The lowest BCUT2D eigenvalue weighted by molar-refractivity contribution is -0.132. The Kier molecular flexibility index (Phi) is 7.86. The van der Waals surface area contributed by atoms with Gasteiger partial charge in [-0.05, 0) is 56.6 Å². The van der Waals surface area contributed by atoms with Crippen molar-refractivity contribution in [3.05, 3.63) is 47.2 Å². The second-order valence-corrected chi connectivity index (χ2v) is 7.11. The first-order valence-corrected chi connectivity index (χ1v) is 9.45. The summed E-state index contributed by atoms with van der Waals surface area (Å²) in [6.45, 7) is 3.62. The number of carbonyl (C=O) groups is 2. The average molecular weight is 426 g/mol. The van der Waals surface area contributed by atoms with E-state index in [1.807, 2.05) is 19.2 Å². The predicted octanol–water partition coefficient (Wildman–Crippen LogP) is 2.49. The van der Waals surface area contributed by atoms with Gasteiger partial charge in [0, 0.05) is 36.1 Å². The molecule has 3 rings (SSSR count). The molecular formula is C19H25Cl2N5O2. The number of piperidine rings is 1. The van der Waals surface area contributed by atoms with Crippen LogP contribution in [0, 0.1) is 6.92 Å². The molecular weight excluding hydrogens is 401 g/mol. The van der Waals surface area contributed by atoms with Crippen molar-refractivity contribution in [2.75, 3.05) is 25.0 Å². The van der Waals surface area contributed by atoms with E-state index in [9.17, 15) is 9.59 Å². The number of halogens is 2. The van der Waals surface area contributed by atoms with Gasteiger partial charge in [0.15, 0.2) is 0 Å². The van der Waals surface area contributed by atoms with E-state index in [1.54, 1.807) is 29.1 Å². The fourth-order valence-electron chi connectivity index (χ4n) is 3.33. The summed E-state index contributed by atoms with van der Waals surface area (Å²) < 4.78 is 1.73. The summed E-state index contributed by atoms with van der Waals surface area (Å²) in [6, 6.07) is 7.19. The van der Waals surface area contributed by atoms with Crippen LogP contribution in [0.15, 0.2) is 36.7 Å². The molecule has 1 aliphatic heterocycles. The molecule has 0 saturated carbocycles. The van der Waals surface area contributed by atoms with E-state index in [2.05, 4.69) is 21.0 Å². The molecule has 2 heterocycles. The van der Waals surface area contributed by atoms with Crippen LogP contribution < -0.4 is 16.0 Å². The van der Waals surface area contributed by atoms with Gasteiger partial charge in [0.2, 0.25) is 11.8 Å². The van der Waals surface area contributed by atoms with Crippen LogP contribution in [0.4, 0.5) is 5.69 Å².